The van der Waals surface area contributed by atoms with Crippen LogP contribution in [0.1, 0.15) is 25.8 Å². The van der Waals surface area contributed by atoms with Crippen LogP contribution in [0, 0.1) is 5.92 Å². The van der Waals surface area contributed by atoms with Crippen molar-refractivity contribution in [1.82, 2.24) is 9.55 Å². The molecule has 178 valence electrons. The number of hydrogen-bond donors (Lipinski definition) is 2. The summed E-state index contributed by atoms with van der Waals surface area (Å²) in [4.78, 5) is 28.5. The Bertz CT molecular complexity index is 1120. The lowest BCUT2D eigenvalue weighted by molar-refractivity contribution is -0.116. The van der Waals surface area contributed by atoms with Gasteiger partial charge in [0.05, 0.1) is 20.0 Å². The van der Waals surface area contributed by atoms with Gasteiger partial charge in [0.2, 0.25) is 11.8 Å². The summed E-state index contributed by atoms with van der Waals surface area (Å²) in [5.74, 6) is 1.28. The van der Waals surface area contributed by atoms with E-state index >= 15 is 0 Å². The minimum Gasteiger partial charge on any atom is -0.493 e. The fourth-order valence-corrected chi connectivity index (χ4v) is 3.07. The second-order valence-electron chi connectivity index (χ2n) is 8.12. The molecule has 0 aliphatic rings. The number of carbonyl (C=O) groups excluding carboxylic acids is 2. The Morgan fingerprint density at radius 3 is 2.59 bits per heavy atom. The maximum Gasteiger partial charge on any atom is 0.248 e. The highest BCUT2D eigenvalue weighted by Gasteiger charge is 2.07. The number of aryl methyl sites for hydroxylation is 1. The Balaban J connectivity index is 1.54. The van der Waals surface area contributed by atoms with Crippen molar-refractivity contribution in [3.05, 3.63) is 72.8 Å². The summed E-state index contributed by atoms with van der Waals surface area (Å²) in [6.07, 6.45) is 8.61. The Hall–Kier alpha value is -4.07. The molecule has 0 bridgehead atoms. The largest absolute Gasteiger partial charge is 0.493 e. The van der Waals surface area contributed by atoms with Crippen LogP contribution < -0.4 is 20.1 Å². The molecule has 0 radical (unpaired) electrons. The third-order valence-electron chi connectivity index (χ3n) is 4.76. The molecule has 1 heterocycles. The number of imidazole rings is 1. The third-order valence-corrected chi connectivity index (χ3v) is 4.76. The quantitative estimate of drug-likeness (QED) is 0.406. The van der Waals surface area contributed by atoms with Crippen LogP contribution in [0.3, 0.4) is 0 Å². The minimum absolute atomic E-state index is 0.119. The monoisotopic (exact) mass is 462 g/mol. The number of aromatic nitrogens is 2. The molecule has 8 nitrogen and oxygen atoms in total. The first kappa shape index (κ1) is 24.6. The zero-order valence-electron chi connectivity index (χ0n) is 19.7. The molecule has 1 aromatic heterocycles. The second-order valence-corrected chi connectivity index (χ2v) is 8.12. The molecular formula is C26H30N4O4. The van der Waals surface area contributed by atoms with Crippen molar-refractivity contribution in [2.45, 2.75) is 26.8 Å². The molecule has 3 rings (SSSR count). The lowest BCUT2D eigenvalue weighted by Gasteiger charge is -2.12. The minimum atomic E-state index is -0.289. The van der Waals surface area contributed by atoms with Gasteiger partial charge in [-0.3, -0.25) is 9.59 Å². The molecule has 0 aliphatic heterocycles. The standard InChI is InChI=1S/C26H30N4O4/c1-19(2)17-34-23-9-7-20(15-24(23)33-3)8-10-25(31)28-21-5-4-6-22(16-21)29-26(32)11-13-30-14-12-27-18-30/h4-10,12,14-16,18-19H,11,13,17H2,1-3H3,(H,28,31)(H,29,32)/b10-8+. The zero-order chi connectivity index (χ0) is 24.3. The van der Waals surface area contributed by atoms with Crippen molar-refractivity contribution < 1.29 is 19.1 Å². The number of ether oxygens (including phenoxy) is 2. The number of methoxy groups -OCH3 is 1. The molecule has 2 amide bonds. The van der Waals surface area contributed by atoms with Gasteiger partial charge in [-0.2, -0.15) is 0 Å². The predicted octanol–water partition coefficient (Wildman–Crippen LogP) is 4.61. The van der Waals surface area contributed by atoms with Gasteiger partial charge in [-0.25, -0.2) is 4.98 Å². The first-order chi connectivity index (χ1) is 16.4. The Morgan fingerprint density at radius 1 is 1.09 bits per heavy atom. The molecule has 34 heavy (non-hydrogen) atoms. The molecule has 2 aromatic carbocycles. The fourth-order valence-electron chi connectivity index (χ4n) is 3.07. The maximum absolute atomic E-state index is 12.4. The summed E-state index contributed by atoms with van der Waals surface area (Å²) in [5, 5.41) is 5.65. The van der Waals surface area contributed by atoms with Crippen molar-refractivity contribution in [2.75, 3.05) is 24.4 Å². The van der Waals surface area contributed by atoms with Crippen LogP contribution >= 0.6 is 0 Å². The van der Waals surface area contributed by atoms with Gasteiger partial charge >= 0.3 is 0 Å². The summed E-state index contributed by atoms with van der Waals surface area (Å²) in [7, 11) is 1.58. The summed E-state index contributed by atoms with van der Waals surface area (Å²) < 4.78 is 13.0. The SMILES string of the molecule is COc1cc(/C=C/C(=O)Nc2cccc(NC(=O)CCn3ccnc3)c2)ccc1OCC(C)C. The predicted molar refractivity (Wildman–Crippen MR) is 133 cm³/mol. The van der Waals surface area contributed by atoms with Crippen LogP contribution in [-0.2, 0) is 16.1 Å². The highest BCUT2D eigenvalue weighted by Crippen LogP contribution is 2.29. The number of hydrogen-bond acceptors (Lipinski definition) is 5. The topological polar surface area (TPSA) is 94.5 Å². The molecule has 2 N–H and O–H groups in total. The van der Waals surface area contributed by atoms with Crippen molar-refractivity contribution in [3.8, 4) is 11.5 Å². The van der Waals surface area contributed by atoms with E-state index < -0.39 is 0 Å². The molecule has 0 atom stereocenters. The molecule has 0 saturated carbocycles. The van der Waals surface area contributed by atoms with Crippen molar-refractivity contribution >= 4 is 29.3 Å². The van der Waals surface area contributed by atoms with E-state index in [0.29, 0.717) is 48.4 Å². The van der Waals surface area contributed by atoms with Gasteiger partial charge in [0.15, 0.2) is 11.5 Å². The van der Waals surface area contributed by atoms with Crippen LogP contribution in [0.2, 0.25) is 0 Å². The van der Waals surface area contributed by atoms with E-state index in [9.17, 15) is 9.59 Å². The first-order valence-corrected chi connectivity index (χ1v) is 11.1. The van der Waals surface area contributed by atoms with Gasteiger partial charge in [0.1, 0.15) is 0 Å². The highest BCUT2D eigenvalue weighted by molar-refractivity contribution is 6.02. The first-order valence-electron chi connectivity index (χ1n) is 11.1. The summed E-state index contributed by atoms with van der Waals surface area (Å²) in [6, 6.07) is 12.5. The number of nitrogens with one attached hydrogen (secondary N) is 2. The number of anilines is 2. The maximum atomic E-state index is 12.4. The third kappa shape index (κ3) is 7.81. The second kappa shape index (κ2) is 12.2. The average molecular weight is 463 g/mol. The van der Waals surface area contributed by atoms with E-state index in [0.717, 1.165) is 5.56 Å². The number of benzene rings is 2. The highest BCUT2D eigenvalue weighted by atomic mass is 16.5. The molecule has 0 spiro atoms. The van der Waals surface area contributed by atoms with Crippen LogP contribution in [-0.4, -0.2) is 35.1 Å². The lowest BCUT2D eigenvalue weighted by atomic mass is 10.2. The van der Waals surface area contributed by atoms with Crippen LogP contribution in [0.5, 0.6) is 11.5 Å². The normalized spacial score (nSPS) is 10.9. The van der Waals surface area contributed by atoms with Gasteiger partial charge < -0.3 is 24.7 Å². The van der Waals surface area contributed by atoms with Gasteiger partial charge in [-0.15, -0.1) is 0 Å². The van der Waals surface area contributed by atoms with Crippen molar-refractivity contribution in [3.63, 3.8) is 0 Å². The van der Waals surface area contributed by atoms with Crippen LogP contribution in [0.4, 0.5) is 11.4 Å². The van der Waals surface area contributed by atoms with Gasteiger partial charge in [0, 0.05) is 42.8 Å². The van der Waals surface area contributed by atoms with Crippen LogP contribution in [0.15, 0.2) is 67.3 Å². The average Bonchev–Trinajstić information content (AvgIpc) is 3.34. The molecule has 0 unspecified atom stereocenters. The molecule has 0 aliphatic carbocycles. The van der Waals surface area contributed by atoms with E-state index in [1.165, 1.54) is 6.08 Å². The van der Waals surface area contributed by atoms with Crippen LogP contribution in [0.25, 0.3) is 6.08 Å². The Morgan fingerprint density at radius 2 is 1.88 bits per heavy atom. The molecular weight excluding hydrogens is 432 g/mol. The summed E-state index contributed by atoms with van der Waals surface area (Å²) in [6.45, 7) is 5.30. The number of nitrogens with zero attached hydrogens (tertiary/aromatic N) is 2. The molecule has 8 heteroatoms. The number of amides is 2. The summed E-state index contributed by atoms with van der Waals surface area (Å²) in [5.41, 5.74) is 2.00. The Kier molecular flexibility index (Phi) is 8.85. The van der Waals surface area contributed by atoms with E-state index in [-0.39, 0.29) is 11.8 Å². The molecule has 0 fully saturated rings. The van der Waals surface area contributed by atoms with Crippen molar-refractivity contribution in [2.24, 2.45) is 5.92 Å². The van der Waals surface area contributed by atoms with Gasteiger partial charge in [0.25, 0.3) is 0 Å². The summed E-state index contributed by atoms with van der Waals surface area (Å²) >= 11 is 0. The fraction of sp³-hybridized carbons (Fsp3) is 0.269. The molecule has 3 aromatic rings. The van der Waals surface area contributed by atoms with E-state index in [4.69, 9.17) is 9.47 Å². The van der Waals surface area contributed by atoms with Gasteiger partial charge in [-0.05, 0) is 47.9 Å². The zero-order valence-corrected chi connectivity index (χ0v) is 19.7. The number of rotatable bonds is 11. The lowest BCUT2D eigenvalue weighted by Crippen LogP contribution is -2.14. The smallest absolute Gasteiger partial charge is 0.248 e. The molecule has 0 saturated heterocycles. The van der Waals surface area contributed by atoms with E-state index in [1.807, 2.05) is 29.0 Å². The Labute approximate surface area is 199 Å². The van der Waals surface area contributed by atoms with E-state index in [1.54, 1.807) is 50.0 Å². The van der Waals surface area contributed by atoms with Gasteiger partial charge in [-0.1, -0.05) is 26.0 Å². The number of carbonyl (C=O) groups is 2. The van der Waals surface area contributed by atoms with Crippen molar-refractivity contribution in [1.29, 1.82) is 0 Å². The van der Waals surface area contributed by atoms with E-state index in [2.05, 4.69) is 29.5 Å².